The van der Waals surface area contributed by atoms with E-state index >= 15 is 0 Å². The van der Waals surface area contributed by atoms with Crippen LogP contribution >= 0.6 is 0 Å². The van der Waals surface area contributed by atoms with Crippen molar-refractivity contribution in [3.8, 4) is 0 Å². The number of likely N-dealkylation sites (N-methyl/N-ethyl adjacent to an activating group) is 1. The third-order valence-corrected chi connectivity index (χ3v) is 3.83. The number of carbonyl (C=O) groups is 2. The smallest absolute Gasteiger partial charge is 0.326 e. The van der Waals surface area contributed by atoms with Crippen molar-refractivity contribution < 1.29 is 14.3 Å². The van der Waals surface area contributed by atoms with Gasteiger partial charge in [0.15, 0.2) is 0 Å². The zero-order valence-electron chi connectivity index (χ0n) is 15.9. The number of esters is 1. The lowest BCUT2D eigenvalue weighted by molar-refractivity contribution is -0.158. The summed E-state index contributed by atoms with van der Waals surface area (Å²) in [4.78, 5) is 42.2. The highest BCUT2D eigenvalue weighted by Crippen LogP contribution is 2.11. The van der Waals surface area contributed by atoms with Crippen LogP contribution < -0.4 is 5.56 Å². The van der Waals surface area contributed by atoms with Gasteiger partial charge in [-0.1, -0.05) is 12.1 Å². The predicted octanol–water partition coefficient (Wildman–Crippen LogP) is 1.90. The molecule has 0 aliphatic rings. The molecule has 2 rings (SSSR count). The molecular weight excluding hydrogens is 334 g/mol. The summed E-state index contributed by atoms with van der Waals surface area (Å²) in [5.74, 6) is -0.708. The van der Waals surface area contributed by atoms with Crippen LogP contribution in [0.5, 0.6) is 0 Å². The number of hydrogen-bond acceptors (Lipinski definition) is 5. The number of benzene rings is 1. The molecule has 7 heteroatoms. The second-order valence-electron chi connectivity index (χ2n) is 7.30. The molecule has 140 valence electrons. The van der Waals surface area contributed by atoms with E-state index < -0.39 is 11.6 Å². The lowest BCUT2D eigenvalue weighted by atomic mass is 10.1. The lowest BCUT2D eigenvalue weighted by Crippen LogP contribution is -2.36. The number of carbonyl (C=O) groups excluding carboxylic acids is 2. The first-order chi connectivity index (χ1) is 12.1. The average Bonchev–Trinajstić information content (AvgIpc) is 2.52. The van der Waals surface area contributed by atoms with E-state index in [1.54, 1.807) is 26.8 Å². The number of para-hydroxylation sites is 1. The molecule has 0 atom stereocenters. The Morgan fingerprint density at radius 1 is 1.27 bits per heavy atom. The number of nitrogens with zero attached hydrogens (tertiary/aromatic N) is 3. The van der Waals surface area contributed by atoms with Crippen molar-refractivity contribution in [2.24, 2.45) is 0 Å². The Morgan fingerprint density at radius 3 is 2.62 bits per heavy atom. The van der Waals surface area contributed by atoms with Crippen LogP contribution in [0.1, 0.15) is 32.8 Å². The van der Waals surface area contributed by atoms with Gasteiger partial charge in [-0.25, -0.2) is 4.98 Å². The molecule has 26 heavy (non-hydrogen) atoms. The van der Waals surface area contributed by atoms with Gasteiger partial charge in [-0.2, -0.15) is 0 Å². The number of ether oxygens (including phenoxy) is 1. The second kappa shape index (κ2) is 7.68. The fourth-order valence-electron chi connectivity index (χ4n) is 2.56. The normalized spacial score (nSPS) is 11.4. The maximum Gasteiger partial charge on any atom is 0.326 e. The van der Waals surface area contributed by atoms with Crippen LogP contribution in [0.25, 0.3) is 10.9 Å². The summed E-state index contributed by atoms with van der Waals surface area (Å²) in [5, 5.41) is 0.530. The molecule has 0 N–H and O–H groups in total. The Balaban J connectivity index is 2.01. The minimum Gasteiger partial charge on any atom is -0.459 e. The molecule has 0 radical (unpaired) electrons. The third kappa shape index (κ3) is 4.91. The van der Waals surface area contributed by atoms with Crippen molar-refractivity contribution in [2.45, 2.75) is 46.3 Å². The molecule has 2 aromatic rings. The van der Waals surface area contributed by atoms with E-state index in [0.29, 0.717) is 10.9 Å². The van der Waals surface area contributed by atoms with Crippen LogP contribution in [0.15, 0.2) is 29.3 Å². The number of rotatable bonds is 5. The molecule has 1 aromatic heterocycles. The van der Waals surface area contributed by atoms with Crippen molar-refractivity contribution in [1.29, 1.82) is 0 Å². The maximum absolute atomic E-state index is 12.5. The van der Waals surface area contributed by atoms with Gasteiger partial charge in [0, 0.05) is 20.0 Å². The molecule has 0 aliphatic heterocycles. The molecule has 1 heterocycles. The van der Waals surface area contributed by atoms with Gasteiger partial charge in [0.05, 0.1) is 17.2 Å². The molecule has 0 spiro atoms. The van der Waals surface area contributed by atoms with Crippen molar-refractivity contribution in [3.63, 3.8) is 0 Å². The van der Waals surface area contributed by atoms with Crippen molar-refractivity contribution in [3.05, 3.63) is 40.4 Å². The highest BCUT2D eigenvalue weighted by atomic mass is 16.6. The van der Waals surface area contributed by atoms with Crippen LogP contribution in [-0.2, 0) is 20.9 Å². The number of fused-ring (bicyclic) bond motifs is 1. The van der Waals surface area contributed by atoms with Crippen LogP contribution in [0, 0.1) is 6.92 Å². The van der Waals surface area contributed by atoms with Gasteiger partial charge >= 0.3 is 5.97 Å². The van der Waals surface area contributed by atoms with Gasteiger partial charge in [-0.15, -0.1) is 0 Å². The molecule has 0 saturated carbocycles. The van der Waals surface area contributed by atoms with Crippen LogP contribution in [-0.4, -0.2) is 45.5 Å². The Hall–Kier alpha value is -2.70. The summed E-state index contributed by atoms with van der Waals surface area (Å²) in [6, 6.07) is 5.43. The summed E-state index contributed by atoms with van der Waals surface area (Å²) in [6.07, 6.45) is 1.55. The van der Waals surface area contributed by atoms with Crippen molar-refractivity contribution in [1.82, 2.24) is 14.5 Å². The van der Waals surface area contributed by atoms with Crippen molar-refractivity contribution >= 4 is 22.8 Å². The van der Waals surface area contributed by atoms with Gasteiger partial charge in [0.1, 0.15) is 12.1 Å². The number of amides is 1. The Bertz CT molecular complexity index is 880. The summed E-state index contributed by atoms with van der Waals surface area (Å²) in [5.41, 5.74) is 0.826. The monoisotopic (exact) mass is 359 g/mol. The quantitative estimate of drug-likeness (QED) is 0.762. The van der Waals surface area contributed by atoms with Crippen LogP contribution in [0.2, 0.25) is 0 Å². The fourth-order valence-corrected chi connectivity index (χ4v) is 2.56. The number of aromatic nitrogens is 2. The summed E-state index contributed by atoms with van der Waals surface area (Å²) in [6.45, 7) is 7.29. The second-order valence-corrected chi connectivity index (χ2v) is 7.30. The average molecular weight is 359 g/mol. The van der Waals surface area contributed by atoms with E-state index in [4.69, 9.17) is 4.74 Å². The third-order valence-electron chi connectivity index (χ3n) is 3.83. The van der Waals surface area contributed by atoms with E-state index in [1.165, 1.54) is 22.8 Å². The Morgan fingerprint density at radius 2 is 1.96 bits per heavy atom. The van der Waals surface area contributed by atoms with Gasteiger partial charge in [0.2, 0.25) is 5.91 Å². The van der Waals surface area contributed by atoms with Gasteiger partial charge in [-0.3, -0.25) is 19.0 Å². The first kappa shape index (κ1) is 19.6. The summed E-state index contributed by atoms with van der Waals surface area (Å²) in [7, 11) is 1.54. The standard InChI is InChI=1S/C19H25N3O4/c1-13-7-6-8-14-17(13)20-12-22(18(14)25)10-9-15(23)21(5)11-16(24)26-19(2,3)4/h6-8,12H,9-11H2,1-5H3. The molecule has 0 bridgehead atoms. The predicted molar refractivity (Wildman–Crippen MR) is 98.8 cm³/mol. The first-order valence-electron chi connectivity index (χ1n) is 8.49. The molecule has 0 aliphatic carbocycles. The fraction of sp³-hybridized carbons (Fsp3) is 0.474. The van der Waals surface area contributed by atoms with Gasteiger partial charge in [-0.05, 0) is 39.3 Å². The summed E-state index contributed by atoms with van der Waals surface area (Å²) >= 11 is 0. The number of aryl methyl sites for hydroxylation is 2. The van der Waals surface area contributed by atoms with Gasteiger partial charge in [0.25, 0.3) is 5.56 Å². The largest absolute Gasteiger partial charge is 0.459 e. The Kier molecular flexibility index (Phi) is 5.79. The molecule has 1 aromatic carbocycles. The molecule has 1 amide bonds. The zero-order chi connectivity index (χ0) is 19.5. The molecule has 0 fully saturated rings. The van der Waals surface area contributed by atoms with Crippen molar-refractivity contribution in [2.75, 3.05) is 13.6 Å². The highest BCUT2D eigenvalue weighted by molar-refractivity contribution is 5.82. The lowest BCUT2D eigenvalue weighted by Gasteiger charge is -2.22. The zero-order valence-corrected chi connectivity index (χ0v) is 15.9. The Labute approximate surface area is 152 Å². The molecule has 0 saturated heterocycles. The summed E-state index contributed by atoms with van der Waals surface area (Å²) < 4.78 is 6.62. The van der Waals surface area contributed by atoms with E-state index in [1.807, 2.05) is 19.1 Å². The SMILES string of the molecule is Cc1cccc2c(=O)n(CCC(=O)N(C)CC(=O)OC(C)(C)C)cnc12. The van der Waals surface area contributed by atoms with E-state index in [0.717, 1.165) is 5.56 Å². The minimum atomic E-state index is -0.594. The molecule has 7 nitrogen and oxygen atoms in total. The topological polar surface area (TPSA) is 81.5 Å². The van der Waals surface area contributed by atoms with Gasteiger partial charge < -0.3 is 9.64 Å². The van der Waals surface area contributed by atoms with E-state index in [-0.39, 0.29) is 31.0 Å². The molecule has 0 unspecified atom stereocenters. The number of hydrogen-bond donors (Lipinski definition) is 0. The first-order valence-corrected chi connectivity index (χ1v) is 8.49. The van der Waals surface area contributed by atoms with E-state index in [2.05, 4.69) is 4.98 Å². The van der Waals surface area contributed by atoms with Crippen LogP contribution in [0.4, 0.5) is 0 Å². The highest BCUT2D eigenvalue weighted by Gasteiger charge is 2.20. The van der Waals surface area contributed by atoms with Crippen LogP contribution in [0.3, 0.4) is 0 Å². The maximum atomic E-state index is 12.5. The molecular formula is C19H25N3O4. The minimum absolute atomic E-state index is 0.0954. The van der Waals surface area contributed by atoms with E-state index in [9.17, 15) is 14.4 Å².